The molecule has 0 bridgehead atoms. The molecule has 0 fully saturated rings. The Morgan fingerprint density at radius 3 is 2.65 bits per heavy atom. The minimum Gasteiger partial charge on any atom is -0.322 e. The number of rotatable bonds is 4. The van der Waals surface area contributed by atoms with E-state index < -0.39 is 23.8 Å². The van der Waals surface area contributed by atoms with Gasteiger partial charge >= 0.3 is 6.03 Å². The molecule has 176 valence electrons. The molecule has 0 radical (unpaired) electrons. The van der Waals surface area contributed by atoms with E-state index >= 15 is 0 Å². The van der Waals surface area contributed by atoms with Crippen molar-refractivity contribution in [3.05, 3.63) is 86.5 Å². The average Bonchev–Trinajstić information content (AvgIpc) is 2.80. The molecule has 1 aliphatic rings. The summed E-state index contributed by atoms with van der Waals surface area (Å²) in [5.41, 5.74) is 1.44. The van der Waals surface area contributed by atoms with Crippen LogP contribution in [0.2, 0.25) is 5.02 Å². The summed E-state index contributed by atoms with van der Waals surface area (Å²) in [6.07, 6.45) is 0.990. The lowest BCUT2D eigenvalue weighted by Gasteiger charge is -2.40. The molecule has 4 rings (SSSR count). The van der Waals surface area contributed by atoms with Gasteiger partial charge in [-0.25, -0.2) is 14.3 Å². The third-order valence-corrected chi connectivity index (χ3v) is 6.07. The zero-order valence-corrected chi connectivity index (χ0v) is 19.3. The number of hydrogen-bond donors (Lipinski definition) is 3. The fourth-order valence-electron chi connectivity index (χ4n) is 4.21. The minimum absolute atomic E-state index is 0.00606. The molecule has 8 nitrogen and oxygen atoms in total. The highest BCUT2D eigenvalue weighted by Crippen LogP contribution is 2.34. The van der Waals surface area contributed by atoms with E-state index in [2.05, 4.69) is 20.8 Å². The number of carbonyl (C=O) groups excluding carboxylic acids is 2. The van der Waals surface area contributed by atoms with Crippen molar-refractivity contribution in [2.24, 2.45) is 0 Å². The van der Waals surface area contributed by atoms with Crippen LogP contribution >= 0.6 is 11.6 Å². The zero-order valence-electron chi connectivity index (χ0n) is 18.6. The van der Waals surface area contributed by atoms with Crippen LogP contribution in [-0.4, -0.2) is 33.1 Å². The summed E-state index contributed by atoms with van der Waals surface area (Å²) < 4.78 is 14.9. The van der Waals surface area contributed by atoms with Gasteiger partial charge < -0.3 is 15.5 Å². The van der Waals surface area contributed by atoms with E-state index in [1.807, 2.05) is 13.8 Å². The number of urea groups is 1. The summed E-state index contributed by atoms with van der Waals surface area (Å²) in [5, 5.41) is 11.8. The van der Waals surface area contributed by atoms with Gasteiger partial charge in [-0.3, -0.25) is 9.59 Å². The number of carbonyl (C=O) groups is 2. The lowest BCUT2D eigenvalue weighted by molar-refractivity contribution is 0.102. The maximum absolute atomic E-state index is 14.9. The summed E-state index contributed by atoms with van der Waals surface area (Å²) in [7, 11) is 0. The van der Waals surface area contributed by atoms with Crippen molar-refractivity contribution in [2.45, 2.75) is 38.8 Å². The van der Waals surface area contributed by atoms with Gasteiger partial charge in [0.05, 0.1) is 28.0 Å². The number of anilines is 2. The number of halogens is 2. The van der Waals surface area contributed by atoms with E-state index in [0.717, 1.165) is 11.6 Å². The van der Waals surface area contributed by atoms with E-state index in [0.29, 0.717) is 24.2 Å². The van der Waals surface area contributed by atoms with Crippen molar-refractivity contribution in [1.29, 1.82) is 0 Å². The first-order valence-corrected chi connectivity index (χ1v) is 11.2. The van der Waals surface area contributed by atoms with Crippen molar-refractivity contribution >= 4 is 34.9 Å². The van der Waals surface area contributed by atoms with E-state index in [-0.39, 0.29) is 27.9 Å². The number of aromatic nitrogens is 2. The van der Waals surface area contributed by atoms with Crippen LogP contribution in [-0.2, 0) is 6.42 Å². The minimum atomic E-state index is -0.795. The Morgan fingerprint density at radius 1 is 1.21 bits per heavy atom. The van der Waals surface area contributed by atoms with Crippen molar-refractivity contribution in [3.63, 3.8) is 0 Å². The molecule has 34 heavy (non-hydrogen) atoms. The van der Waals surface area contributed by atoms with Crippen LogP contribution in [0.25, 0.3) is 0 Å². The Morgan fingerprint density at radius 2 is 1.94 bits per heavy atom. The standard InChI is InChI=1S/C24H23ClFN5O3/c1-3-20-22-14(10-21(32)29-30-22)9-13(2)31(20)24(34)28-19-12-17(25)16(11-18(19)26)23(33)27-15-7-5-4-6-8-15/h4-8,10-13,20H,3,9H2,1-2H3,(H,27,33)(H,28,34)(H,29,32)/t13-,20?/m0/s1. The Bertz CT molecular complexity index is 1300. The van der Waals surface area contributed by atoms with E-state index in [4.69, 9.17) is 11.6 Å². The van der Waals surface area contributed by atoms with Gasteiger partial charge in [0.15, 0.2) is 0 Å². The molecule has 1 unspecified atom stereocenters. The zero-order chi connectivity index (χ0) is 24.4. The van der Waals surface area contributed by atoms with E-state index in [1.54, 1.807) is 35.2 Å². The molecule has 3 N–H and O–H groups in total. The number of H-pyrrole nitrogens is 1. The predicted octanol–water partition coefficient (Wildman–Crippen LogP) is 4.74. The number of fused-ring (bicyclic) bond motifs is 1. The molecule has 0 spiro atoms. The van der Waals surface area contributed by atoms with Gasteiger partial charge in [0.2, 0.25) is 0 Å². The van der Waals surface area contributed by atoms with Crippen molar-refractivity contribution < 1.29 is 14.0 Å². The molecule has 1 aromatic heterocycles. The van der Waals surface area contributed by atoms with Gasteiger partial charge in [-0.15, -0.1) is 0 Å². The normalized spacial score (nSPS) is 17.1. The average molecular weight is 484 g/mol. The molecular weight excluding hydrogens is 461 g/mol. The van der Waals surface area contributed by atoms with Gasteiger partial charge in [-0.2, -0.15) is 5.10 Å². The number of para-hydroxylation sites is 1. The predicted molar refractivity (Wildman–Crippen MR) is 128 cm³/mol. The second kappa shape index (κ2) is 9.64. The molecule has 2 aromatic carbocycles. The van der Waals surface area contributed by atoms with E-state index in [9.17, 15) is 18.8 Å². The van der Waals surface area contributed by atoms with Crippen LogP contribution in [0.5, 0.6) is 0 Å². The molecule has 1 aliphatic heterocycles. The number of nitrogens with zero attached hydrogens (tertiary/aromatic N) is 2. The fourth-order valence-corrected chi connectivity index (χ4v) is 4.46. The van der Waals surface area contributed by atoms with Gasteiger partial charge in [-0.1, -0.05) is 36.7 Å². The van der Waals surface area contributed by atoms with Crippen molar-refractivity contribution in [3.8, 4) is 0 Å². The number of benzene rings is 2. The molecule has 2 heterocycles. The Labute approximate surface area is 200 Å². The highest BCUT2D eigenvalue weighted by Gasteiger charge is 2.36. The fraction of sp³-hybridized carbons (Fsp3) is 0.250. The smallest absolute Gasteiger partial charge is 0.322 e. The number of nitrogens with one attached hydrogen (secondary N) is 3. The van der Waals surface area contributed by atoms with Crippen LogP contribution in [0.3, 0.4) is 0 Å². The summed E-state index contributed by atoms with van der Waals surface area (Å²) in [5.74, 6) is -1.36. The van der Waals surface area contributed by atoms with Crippen LogP contribution in [0.1, 0.15) is 47.9 Å². The second-order valence-corrected chi connectivity index (χ2v) is 8.50. The Balaban J connectivity index is 1.56. The molecular formula is C24H23ClFN5O3. The lowest BCUT2D eigenvalue weighted by Crippen LogP contribution is -2.48. The molecule has 0 saturated carbocycles. The Kier molecular flexibility index (Phi) is 6.65. The molecule has 3 amide bonds. The number of amides is 3. The largest absolute Gasteiger partial charge is 0.322 e. The Hall–Kier alpha value is -3.72. The third-order valence-electron chi connectivity index (χ3n) is 5.76. The van der Waals surface area contributed by atoms with Gasteiger partial charge in [0.1, 0.15) is 5.82 Å². The van der Waals surface area contributed by atoms with Gasteiger partial charge in [0, 0.05) is 17.8 Å². The highest BCUT2D eigenvalue weighted by molar-refractivity contribution is 6.34. The van der Waals surface area contributed by atoms with E-state index in [1.165, 1.54) is 12.1 Å². The van der Waals surface area contributed by atoms with Gasteiger partial charge in [-0.05, 0) is 49.6 Å². The second-order valence-electron chi connectivity index (χ2n) is 8.09. The van der Waals surface area contributed by atoms with Crippen LogP contribution in [0.15, 0.2) is 53.3 Å². The third kappa shape index (κ3) is 4.65. The van der Waals surface area contributed by atoms with Crippen LogP contribution in [0.4, 0.5) is 20.6 Å². The topological polar surface area (TPSA) is 107 Å². The summed E-state index contributed by atoms with van der Waals surface area (Å²) >= 11 is 6.26. The highest BCUT2D eigenvalue weighted by atomic mass is 35.5. The lowest BCUT2D eigenvalue weighted by atomic mass is 9.92. The molecule has 10 heteroatoms. The quantitative estimate of drug-likeness (QED) is 0.498. The summed E-state index contributed by atoms with van der Waals surface area (Å²) in [6.45, 7) is 3.75. The van der Waals surface area contributed by atoms with Gasteiger partial charge in [0.25, 0.3) is 11.5 Å². The molecule has 2 atom stereocenters. The first-order chi connectivity index (χ1) is 16.3. The van der Waals surface area contributed by atoms with Crippen LogP contribution in [0, 0.1) is 5.82 Å². The summed E-state index contributed by atoms with van der Waals surface area (Å²) in [6, 6.07) is 11.2. The maximum atomic E-state index is 14.9. The monoisotopic (exact) mass is 483 g/mol. The molecule has 0 saturated heterocycles. The first-order valence-electron chi connectivity index (χ1n) is 10.8. The SMILES string of the molecule is CCC1c2n[nH]c(=O)cc2C[C@H](C)N1C(=O)Nc1cc(Cl)c(C(=O)Nc2ccccc2)cc1F. The van der Waals surface area contributed by atoms with Crippen molar-refractivity contribution in [2.75, 3.05) is 10.6 Å². The first kappa shape index (κ1) is 23.4. The molecule has 3 aromatic rings. The van der Waals surface area contributed by atoms with Crippen molar-refractivity contribution in [1.82, 2.24) is 15.1 Å². The number of aromatic amines is 1. The maximum Gasteiger partial charge on any atom is 0.322 e. The summed E-state index contributed by atoms with van der Waals surface area (Å²) in [4.78, 5) is 39.0. The molecule has 0 aliphatic carbocycles. The number of hydrogen-bond acceptors (Lipinski definition) is 4. The van der Waals surface area contributed by atoms with Crippen LogP contribution < -0.4 is 16.2 Å².